The first kappa shape index (κ1) is 12.3. The van der Waals surface area contributed by atoms with Gasteiger partial charge in [-0.3, -0.25) is 0 Å². The van der Waals surface area contributed by atoms with E-state index in [1.807, 2.05) is 12.1 Å². The first-order chi connectivity index (χ1) is 9.25. The van der Waals surface area contributed by atoms with E-state index < -0.39 is 0 Å². The van der Waals surface area contributed by atoms with Crippen LogP contribution in [0.25, 0.3) is 10.8 Å². The molecule has 0 aliphatic heterocycles. The SMILES string of the molecule is CC(c1ccc(Cl)cc1)c1cccc2ccccc12. The van der Waals surface area contributed by atoms with Crippen LogP contribution in [-0.4, -0.2) is 0 Å². The van der Waals surface area contributed by atoms with Crippen molar-refractivity contribution in [2.75, 3.05) is 0 Å². The number of rotatable bonds is 2. The molecule has 0 fully saturated rings. The molecule has 3 rings (SSSR count). The van der Waals surface area contributed by atoms with Gasteiger partial charge in [0.2, 0.25) is 0 Å². The summed E-state index contributed by atoms with van der Waals surface area (Å²) in [4.78, 5) is 0. The van der Waals surface area contributed by atoms with Gasteiger partial charge < -0.3 is 0 Å². The maximum absolute atomic E-state index is 5.96. The number of hydrogen-bond acceptors (Lipinski definition) is 0. The van der Waals surface area contributed by atoms with Gasteiger partial charge in [0.05, 0.1) is 0 Å². The Balaban J connectivity index is 2.11. The molecule has 1 heteroatoms. The molecule has 0 N–H and O–H groups in total. The van der Waals surface area contributed by atoms with Crippen LogP contribution >= 0.6 is 11.6 Å². The highest BCUT2D eigenvalue weighted by molar-refractivity contribution is 6.30. The van der Waals surface area contributed by atoms with Crippen molar-refractivity contribution in [2.45, 2.75) is 12.8 Å². The molecule has 0 amide bonds. The lowest BCUT2D eigenvalue weighted by molar-refractivity contribution is 0.933. The summed E-state index contributed by atoms with van der Waals surface area (Å²) < 4.78 is 0. The lowest BCUT2D eigenvalue weighted by Crippen LogP contribution is -1.96. The number of benzene rings is 3. The predicted octanol–water partition coefficient (Wildman–Crippen LogP) is 5.65. The minimum atomic E-state index is 0.364. The molecule has 19 heavy (non-hydrogen) atoms. The molecule has 0 saturated heterocycles. The largest absolute Gasteiger partial charge is 0.0843 e. The van der Waals surface area contributed by atoms with Gasteiger partial charge in [-0.1, -0.05) is 73.1 Å². The van der Waals surface area contributed by atoms with Crippen molar-refractivity contribution in [3.8, 4) is 0 Å². The fourth-order valence-corrected chi connectivity index (χ4v) is 2.69. The summed E-state index contributed by atoms with van der Waals surface area (Å²) in [5.41, 5.74) is 2.65. The van der Waals surface area contributed by atoms with Crippen molar-refractivity contribution in [3.63, 3.8) is 0 Å². The summed E-state index contributed by atoms with van der Waals surface area (Å²) in [6.45, 7) is 2.24. The van der Waals surface area contributed by atoms with Gasteiger partial charge in [0.25, 0.3) is 0 Å². The van der Waals surface area contributed by atoms with E-state index in [0.717, 1.165) is 5.02 Å². The normalized spacial score (nSPS) is 12.5. The smallest absolute Gasteiger partial charge is 0.0406 e. The van der Waals surface area contributed by atoms with Crippen LogP contribution in [0.15, 0.2) is 66.7 Å². The zero-order chi connectivity index (χ0) is 13.2. The van der Waals surface area contributed by atoms with Crippen molar-refractivity contribution in [2.24, 2.45) is 0 Å². The second kappa shape index (κ2) is 5.07. The van der Waals surface area contributed by atoms with Gasteiger partial charge in [0, 0.05) is 10.9 Å². The van der Waals surface area contributed by atoms with Crippen LogP contribution in [0.4, 0.5) is 0 Å². The summed E-state index contributed by atoms with van der Waals surface area (Å²) in [5, 5.41) is 3.40. The van der Waals surface area contributed by atoms with Crippen LogP contribution in [0.5, 0.6) is 0 Å². The Morgan fingerprint density at radius 2 is 1.47 bits per heavy atom. The van der Waals surface area contributed by atoms with Crippen LogP contribution < -0.4 is 0 Å². The molecule has 1 unspecified atom stereocenters. The van der Waals surface area contributed by atoms with Gasteiger partial charge in [-0.2, -0.15) is 0 Å². The molecule has 3 aromatic carbocycles. The minimum absolute atomic E-state index is 0.364. The number of hydrogen-bond donors (Lipinski definition) is 0. The molecule has 94 valence electrons. The molecule has 0 aromatic heterocycles. The molecular formula is C18H15Cl. The summed E-state index contributed by atoms with van der Waals surface area (Å²) in [6.07, 6.45) is 0. The minimum Gasteiger partial charge on any atom is -0.0843 e. The third-order valence-electron chi connectivity index (χ3n) is 3.66. The molecule has 1 atom stereocenters. The highest BCUT2D eigenvalue weighted by Gasteiger charge is 2.11. The third kappa shape index (κ3) is 2.36. The van der Waals surface area contributed by atoms with Gasteiger partial charge in [-0.15, -0.1) is 0 Å². The predicted molar refractivity (Wildman–Crippen MR) is 82.9 cm³/mol. The number of halogens is 1. The first-order valence-corrected chi connectivity index (χ1v) is 6.86. The Morgan fingerprint density at radius 3 is 2.26 bits per heavy atom. The molecule has 0 radical (unpaired) electrons. The molecule has 0 bridgehead atoms. The van der Waals surface area contributed by atoms with E-state index in [0.29, 0.717) is 5.92 Å². The monoisotopic (exact) mass is 266 g/mol. The molecule has 0 aliphatic carbocycles. The Hall–Kier alpha value is -1.79. The van der Waals surface area contributed by atoms with E-state index >= 15 is 0 Å². The van der Waals surface area contributed by atoms with E-state index in [1.54, 1.807) is 0 Å². The van der Waals surface area contributed by atoms with E-state index in [-0.39, 0.29) is 0 Å². The van der Waals surface area contributed by atoms with Crippen molar-refractivity contribution in [1.29, 1.82) is 0 Å². The maximum atomic E-state index is 5.96. The molecule has 0 aliphatic rings. The van der Waals surface area contributed by atoms with Crippen LogP contribution in [0.1, 0.15) is 24.0 Å². The summed E-state index contributed by atoms with van der Waals surface area (Å²) >= 11 is 5.96. The molecular weight excluding hydrogens is 252 g/mol. The molecule has 0 nitrogen and oxygen atoms in total. The zero-order valence-electron chi connectivity index (χ0n) is 10.8. The van der Waals surface area contributed by atoms with Crippen LogP contribution in [-0.2, 0) is 0 Å². The van der Waals surface area contributed by atoms with Crippen molar-refractivity contribution >= 4 is 22.4 Å². The van der Waals surface area contributed by atoms with E-state index in [4.69, 9.17) is 11.6 Å². The van der Waals surface area contributed by atoms with Gasteiger partial charge >= 0.3 is 0 Å². The quantitative estimate of drug-likeness (QED) is 0.563. The Morgan fingerprint density at radius 1 is 0.789 bits per heavy atom. The zero-order valence-corrected chi connectivity index (χ0v) is 11.6. The summed E-state index contributed by atoms with van der Waals surface area (Å²) in [7, 11) is 0. The van der Waals surface area contributed by atoms with E-state index in [2.05, 4.69) is 61.5 Å². The van der Waals surface area contributed by atoms with Crippen LogP contribution in [0.2, 0.25) is 5.02 Å². The van der Waals surface area contributed by atoms with Gasteiger partial charge in [-0.25, -0.2) is 0 Å². The summed E-state index contributed by atoms with van der Waals surface area (Å²) in [6, 6.07) is 23.2. The topological polar surface area (TPSA) is 0 Å². The van der Waals surface area contributed by atoms with E-state index in [9.17, 15) is 0 Å². The van der Waals surface area contributed by atoms with Crippen molar-refractivity contribution < 1.29 is 0 Å². The van der Waals surface area contributed by atoms with Gasteiger partial charge in [0.1, 0.15) is 0 Å². The molecule has 0 saturated carbocycles. The Labute approximate surface area is 118 Å². The second-order valence-electron chi connectivity index (χ2n) is 4.84. The van der Waals surface area contributed by atoms with E-state index in [1.165, 1.54) is 21.9 Å². The average molecular weight is 267 g/mol. The lowest BCUT2D eigenvalue weighted by Gasteiger charge is -2.15. The second-order valence-corrected chi connectivity index (χ2v) is 5.28. The van der Waals surface area contributed by atoms with Crippen molar-refractivity contribution in [3.05, 3.63) is 82.9 Å². The fraction of sp³-hybridized carbons (Fsp3) is 0.111. The standard InChI is InChI=1S/C18H15Cl/c1-13(14-9-11-16(19)12-10-14)17-8-4-6-15-5-2-3-7-18(15)17/h2-13H,1H3. The van der Waals surface area contributed by atoms with Gasteiger partial charge in [0.15, 0.2) is 0 Å². The Bertz CT molecular complexity index is 693. The van der Waals surface area contributed by atoms with Crippen molar-refractivity contribution in [1.82, 2.24) is 0 Å². The molecule has 3 aromatic rings. The lowest BCUT2D eigenvalue weighted by atomic mass is 9.89. The fourth-order valence-electron chi connectivity index (χ4n) is 2.56. The number of fused-ring (bicyclic) bond motifs is 1. The first-order valence-electron chi connectivity index (χ1n) is 6.49. The molecule has 0 heterocycles. The maximum Gasteiger partial charge on any atom is 0.0406 e. The molecule has 0 spiro atoms. The van der Waals surface area contributed by atoms with Crippen LogP contribution in [0, 0.1) is 0 Å². The highest BCUT2D eigenvalue weighted by atomic mass is 35.5. The average Bonchev–Trinajstić information content (AvgIpc) is 2.47. The Kier molecular flexibility index (Phi) is 3.27. The third-order valence-corrected chi connectivity index (χ3v) is 3.91. The van der Waals surface area contributed by atoms with Crippen LogP contribution in [0.3, 0.4) is 0 Å². The summed E-state index contributed by atoms with van der Waals surface area (Å²) in [5.74, 6) is 0.364. The van der Waals surface area contributed by atoms with Gasteiger partial charge in [-0.05, 0) is 34.0 Å². The highest BCUT2D eigenvalue weighted by Crippen LogP contribution is 2.30.